The Labute approximate surface area is 93.8 Å². The van der Waals surface area contributed by atoms with Gasteiger partial charge < -0.3 is 10.2 Å². The maximum atomic E-state index is 3.31. The van der Waals surface area contributed by atoms with Crippen molar-refractivity contribution in [2.45, 2.75) is 25.3 Å². The lowest BCUT2D eigenvalue weighted by Gasteiger charge is -2.36. The van der Waals surface area contributed by atoms with Gasteiger partial charge in [-0.1, -0.05) is 0 Å². The molecule has 1 aliphatic heterocycles. The third-order valence-corrected chi connectivity index (χ3v) is 4.06. The SMILES string of the molecule is CNCC1CC[C@H](N2CCN(C)CC2)C1. The highest BCUT2D eigenvalue weighted by atomic mass is 15.3. The van der Waals surface area contributed by atoms with Gasteiger partial charge in [0.1, 0.15) is 0 Å². The van der Waals surface area contributed by atoms with Crippen LogP contribution in [0, 0.1) is 5.92 Å². The molecule has 2 aliphatic rings. The summed E-state index contributed by atoms with van der Waals surface area (Å²) in [5.74, 6) is 0.930. The first kappa shape index (κ1) is 11.4. The van der Waals surface area contributed by atoms with E-state index in [0.29, 0.717) is 0 Å². The van der Waals surface area contributed by atoms with Gasteiger partial charge in [-0.25, -0.2) is 0 Å². The number of rotatable bonds is 3. The molecule has 2 fully saturated rings. The van der Waals surface area contributed by atoms with Gasteiger partial charge in [0.25, 0.3) is 0 Å². The fourth-order valence-electron chi connectivity index (χ4n) is 3.04. The summed E-state index contributed by atoms with van der Waals surface area (Å²) in [5, 5.41) is 3.31. The van der Waals surface area contributed by atoms with Gasteiger partial charge in [0.2, 0.25) is 0 Å². The molecular formula is C12H25N3. The summed E-state index contributed by atoms with van der Waals surface area (Å²) in [6.45, 7) is 6.30. The molecule has 2 atom stereocenters. The Morgan fingerprint density at radius 2 is 1.87 bits per heavy atom. The van der Waals surface area contributed by atoms with Crippen molar-refractivity contribution in [2.75, 3.05) is 46.8 Å². The zero-order valence-corrected chi connectivity index (χ0v) is 10.2. The summed E-state index contributed by atoms with van der Waals surface area (Å²) in [4.78, 5) is 5.16. The monoisotopic (exact) mass is 211 g/mol. The van der Waals surface area contributed by atoms with E-state index in [9.17, 15) is 0 Å². The topological polar surface area (TPSA) is 18.5 Å². The number of piperazine rings is 1. The molecule has 0 aromatic heterocycles. The lowest BCUT2D eigenvalue weighted by Crippen LogP contribution is -2.48. The summed E-state index contributed by atoms with van der Waals surface area (Å²) in [7, 11) is 4.30. The third kappa shape index (κ3) is 2.92. The van der Waals surface area contributed by atoms with E-state index in [2.05, 4.69) is 29.2 Å². The molecule has 1 aliphatic carbocycles. The molecule has 0 spiro atoms. The number of nitrogens with zero attached hydrogens (tertiary/aromatic N) is 2. The number of hydrogen-bond donors (Lipinski definition) is 1. The molecule has 0 aromatic carbocycles. The molecule has 0 amide bonds. The van der Waals surface area contributed by atoms with Crippen molar-refractivity contribution in [3.05, 3.63) is 0 Å². The van der Waals surface area contributed by atoms with E-state index in [0.717, 1.165) is 12.0 Å². The third-order valence-electron chi connectivity index (χ3n) is 4.06. The van der Waals surface area contributed by atoms with Crippen LogP contribution in [-0.4, -0.2) is 62.7 Å². The van der Waals surface area contributed by atoms with E-state index < -0.39 is 0 Å². The smallest absolute Gasteiger partial charge is 0.0113 e. The van der Waals surface area contributed by atoms with E-state index in [4.69, 9.17) is 0 Å². The van der Waals surface area contributed by atoms with Gasteiger partial charge in [-0.15, -0.1) is 0 Å². The van der Waals surface area contributed by atoms with Crippen molar-refractivity contribution >= 4 is 0 Å². The van der Waals surface area contributed by atoms with E-state index in [1.807, 2.05) is 0 Å². The number of hydrogen-bond acceptors (Lipinski definition) is 3. The molecule has 3 nitrogen and oxygen atoms in total. The Bertz CT molecular complexity index is 187. The van der Waals surface area contributed by atoms with Gasteiger partial charge in [-0.3, -0.25) is 4.90 Å². The van der Waals surface area contributed by atoms with Crippen LogP contribution in [0.15, 0.2) is 0 Å². The Morgan fingerprint density at radius 3 is 2.53 bits per heavy atom. The van der Waals surface area contributed by atoms with Gasteiger partial charge in [-0.2, -0.15) is 0 Å². The maximum Gasteiger partial charge on any atom is 0.0113 e. The molecule has 1 unspecified atom stereocenters. The molecule has 15 heavy (non-hydrogen) atoms. The first-order chi connectivity index (χ1) is 7.29. The van der Waals surface area contributed by atoms with Gasteiger partial charge in [0.05, 0.1) is 0 Å². The summed E-state index contributed by atoms with van der Waals surface area (Å²) in [6, 6.07) is 0.886. The van der Waals surface area contributed by atoms with Crippen LogP contribution in [0.25, 0.3) is 0 Å². The second-order valence-corrected chi connectivity index (χ2v) is 5.23. The number of nitrogens with one attached hydrogen (secondary N) is 1. The van der Waals surface area contributed by atoms with Gasteiger partial charge in [0.15, 0.2) is 0 Å². The average Bonchev–Trinajstić information content (AvgIpc) is 2.68. The molecule has 0 bridgehead atoms. The van der Waals surface area contributed by atoms with E-state index in [1.165, 1.54) is 52.0 Å². The predicted molar refractivity (Wildman–Crippen MR) is 64.1 cm³/mol. The van der Waals surface area contributed by atoms with E-state index in [-0.39, 0.29) is 0 Å². The van der Waals surface area contributed by atoms with Crippen LogP contribution in [0.1, 0.15) is 19.3 Å². The maximum absolute atomic E-state index is 3.31. The Kier molecular flexibility index (Phi) is 4.00. The fourth-order valence-corrected chi connectivity index (χ4v) is 3.04. The van der Waals surface area contributed by atoms with Crippen molar-refractivity contribution in [3.8, 4) is 0 Å². The second-order valence-electron chi connectivity index (χ2n) is 5.23. The van der Waals surface area contributed by atoms with Crippen LogP contribution < -0.4 is 5.32 Å². The first-order valence-electron chi connectivity index (χ1n) is 6.37. The Balaban J connectivity index is 1.75. The lowest BCUT2D eigenvalue weighted by atomic mass is 10.1. The largest absolute Gasteiger partial charge is 0.319 e. The summed E-state index contributed by atoms with van der Waals surface area (Å²) < 4.78 is 0. The highest BCUT2D eigenvalue weighted by Crippen LogP contribution is 2.29. The summed E-state index contributed by atoms with van der Waals surface area (Å²) >= 11 is 0. The lowest BCUT2D eigenvalue weighted by molar-refractivity contribution is 0.112. The zero-order valence-electron chi connectivity index (χ0n) is 10.2. The second kappa shape index (κ2) is 5.28. The van der Waals surface area contributed by atoms with Crippen molar-refractivity contribution in [2.24, 2.45) is 5.92 Å². The van der Waals surface area contributed by atoms with Crippen LogP contribution in [-0.2, 0) is 0 Å². The Hall–Kier alpha value is -0.120. The van der Waals surface area contributed by atoms with Crippen molar-refractivity contribution in [3.63, 3.8) is 0 Å². The molecule has 0 radical (unpaired) electrons. The molecule has 1 saturated carbocycles. The Morgan fingerprint density at radius 1 is 1.13 bits per heavy atom. The van der Waals surface area contributed by atoms with Gasteiger partial charge >= 0.3 is 0 Å². The first-order valence-corrected chi connectivity index (χ1v) is 6.37. The minimum Gasteiger partial charge on any atom is -0.319 e. The highest BCUT2D eigenvalue weighted by Gasteiger charge is 2.29. The highest BCUT2D eigenvalue weighted by molar-refractivity contribution is 4.85. The number of likely N-dealkylation sites (N-methyl/N-ethyl adjacent to an activating group) is 1. The molecule has 1 saturated heterocycles. The zero-order chi connectivity index (χ0) is 10.7. The van der Waals surface area contributed by atoms with Gasteiger partial charge in [0, 0.05) is 32.2 Å². The molecule has 1 N–H and O–H groups in total. The minimum atomic E-state index is 0.886. The quantitative estimate of drug-likeness (QED) is 0.738. The van der Waals surface area contributed by atoms with Gasteiger partial charge in [-0.05, 0) is 45.8 Å². The summed E-state index contributed by atoms with van der Waals surface area (Å²) in [5.41, 5.74) is 0. The van der Waals surface area contributed by atoms with Crippen LogP contribution in [0.4, 0.5) is 0 Å². The minimum absolute atomic E-state index is 0.886. The molecule has 0 aromatic rings. The molecule has 88 valence electrons. The van der Waals surface area contributed by atoms with Crippen LogP contribution in [0.3, 0.4) is 0 Å². The molecular weight excluding hydrogens is 186 g/mol. The van der Waals surface area contributed by atoms with Crippen molar-refractivity contribution in [1.82, 2.24) is 15.1 Å². The van der Waals surface area contributed by atoms with Crippen LogP contribution >= 0.6 is 0 Å². The van der Waals surface area contributed by atoms with Crippen LogP contribution in [0.2, 0.25) is 0 Å². The molecule has 3 heteroatoms. The average molecular weight is 211 g/mol. The molecule has 2 rings (SSSR count). The fraction of sp³-hybridized carbons (Fsp3) is 1.00. The van der Waals surface area contributed by atoms with Crippen molar-refractivity contribution in [1.29, 1.82) is 0 Å². The van der Waals surface area contributed by atoms with Crippen LogP contribution in [0.5, 0.6) is 0 Å². The summed E-state index contributed by atoms with van der Waals surface area (Å²) in [6.07, 6.45) is 4.28. The van der Waals surface area contributed by atoms with E-state index >= 15 is 0 Å². The van der Waals surface area contributed by atoms with Crippen molar-refractivity contribution < 1.29 is 0 Å². The normalized spacial score (nSPS) is 34.8. The van der Waals surface area contributed by atoms with E-state index in [1.54, 1.807) is 0 Å². The standard InChI is InChI=1S/C12H25N3/c1-13-10-11-3-4-12(9-11)15-7-5-14(2)6-8-15/h11-13H,3-10H2,1-2H3/t11?,12-/m0/s1. The predicted octanol–water partition coefficient (Wildman–Crippen LogP) is 0.622. The molecule has 1 heterocycles.